The Morgan fingerprint density at radius 2 is 1.93 bits per heavy atom. The fraction of sp³-hybridized carbons (Fsp3) is 0.900. The first-order valence-corrected chi connectivity index (χ1v) is 6.72. The van der Waals surface area contributed by atoms with E-state index in [2.05, 4.69) is 0 Å². The van der Waals surface area contributed by atoms with Crippen LogP contribution in [0.1, 0.15) is 40.0 Å². The molecule has 0 saturated heterocycles. The zero-order valence-corrected chi connectivity index (χ0v) is 10.4. The topological polar surface area (TPSA) is 71.4 Å². The lowest BCUT2D eigenvalue weighted by atomic mass is 9.75. The largest absolute Gasteiger partial charge is 0.303 e. The van der Waals surface area contributed by atoms with E-state index in [9.17, 15) is 13.2 Å². The van der Waals surface area contributed by atoms with Crippen molar-refractivity contribution in [3.8, 4) is 0 Å². The van der Waals surface area contributed by atoms with Crippen molar-refractivity contribution < 1.29 is 17.8 Å². The molecule has 15 heavy (non-hydrogen) atoms. The van der Waals surface area contributed by atoms with Crippen LogP contribution in [0.5, 0.6) is 0 Å². The van der Waals surface area contributed by atoms with Crippen molar-refractivity contribution in [1.29, 1.82) is 0 Å². The molecule has 0 aromatic rings. The van der Waals surface area contributed by atoms with E-state index in [1.807, 2.05) is 20.8 Å². The molecule has 0 aromatic heterocycles. The third-order valence-corrected chi connectivity index (χ3v) is 3.59. The number of rotatable bonds is 7. The van der Waals surface area contributed by atoms with E-state index in [0.29, 0.717) is 12.8 Å². The van der Waals surface area contributed by atoms with E-state index in [1.54, 1.807) is 0 Å². The van der Waals surface area contributed by atoms with Gasteiger partial charge in [-0.25, -0.2) is 0 Å². The van der Waals surface area contributed by atoms with E-state index < -0.39 is 10.1 Å². The second kappa shape index (κ2) is 5.61. The van der Waals surface area contributed by atoms with Gasteiger partial charge in [-0.1, -0.05) is 27.2 Å². The molecule has 0 fully saturated rings. The highest BCUT2D eigenvalue weighted by atomic mass is 32.2. The molecule has 0 spiro atoms. The average Bonchev–Trinajstić information content (AvgIpc) is 2.01. The molecule has 0 radical (unpaired) electrons. The van der Waals surface area contributed by atoms with Crippen LogP contribution in [0.15, 0.2) is 0 Å². The van der Waals surface area contributed by atoms with Crippen molar-refractivity contribution in [3.05, 3.63) is 0 Å². The molecule has 1 unspecified atom stereocenters. The molecular weight excluding hydrogens is 216 g/mol. The van der Waals surface area contributed by atoms with Crippen LogP contribution in [0.25, 0.3) is 0 Å². The quantitative estimate of drug-likeness (QED) is 0.541. The van der Waals surface area contributed by atoms with Crippen LogP contribution in [0.3, 0.4) is 0 Å². The lowest BCUT2D eigenvalue weighted by Crippen LogP contribution is -2.30. The second-order valence-corrected chi connectivity index (χ2v) is 6.09. The van der Waals surface area contributed by atoms with Gasteiger partial charge in [-0.3, -0.25) is 4.55 Å². The molecule has 0 rings (SSSR count). The Balaban J connectivity index is 4.71. The normalized spacial score (nSPS) is 14.9. The lowest BCUT2D eigenvalue weighted by Gasteiger charge is -2.31. The summed E-state index contributed by atoms with van der Waals surface area (Å²) in [5.74, 6) is -0.440. The van der Waals surface area contributed by atoms with Crippen LogP contribution in [-0.2, 0) is 14.9 Å². The zero-order chi connectivity index (χ0) is 12.1. The van der Waals surface area contributed by atoms with Crippen LogP contribution in [0.2, 0.25) is 0 Å². The minimum absolute atomic E-state index is 0.178. The maximum Gasteiger partial charge on any atom is 0.265 e. The summed E-state index contributed by atoms with van der Waals surface area (Å²) in [6, 6.07) is 0. The maximum atomic E-state index is 10.8. The van der Waals surface area contributed by atoms with E-state index >= 15 is 0 Å². The van der Waals surface area contributed by atoms with Gasteiger partial charge in [-0.15, -0.1) is 0 Å². The Labute approximate surface area is 91.8 Å². The van der Waals surface area contributed by atoms with Gasteiger partial charge in [0.15, 0.2) is 0 Å². The van der Waals surface area contributed by atoms with Gasteiger partial charge in [0.05, 0.1) is 5.75 Å². The van der Waals surface area contributed by atoms with Gasteiger partial charge in [-0.05, 0) is 17.8 Å². The van der Waals surface area contributed by atoms with Gasteiger partial charge in [0, 0.05) is 6.42 Å². The summed E-state index contributed by atoms with van der Waals surface area (Å²) in [5, 5.41) is 0. The fourth-order valence-electron chi connectivity index (χ4n) is 1.68. The van der Waals surface area contributed by atoms with E-state index in [1.165, 1.54) is 0 Å². The van der Waals surface area contributed by atoms with Gasteiger partial charge >= 0.3 is 0 Å². The van der Waals surface area contributed by atoms with Crippen LogP contribution in [-0.4, -0.2) is 25.0 Å². The van der Waals surface area contributed by atoms with Gasteiger partial charge in [0.1, 0.15) is 6.29 Å². The highest BCUT2D eigenvalue weighted by Crippen LogP contribution is 2.34. The molecule has 0 aliphatic heterocycles. The predicted octanol–water partition coefficient (Wildman–Crippen LogP) is 1.91. The average molecular weight is 236 g/mol. The summed E-state index contributed by atoms with van der Waals surface area (Å²) in [5.41, 5.74) is -0.381. The molecule has 4 nitrogen and oxygen atoms in total. The van der Waals surface area contributed by atoms with Crippen molar-refractivity contribution in [2.75, 3.05) is 5.75 Å². The molecule has 0 aromatic carbocycles. The molecule has 90 valence electrons. The number of carbonyl (C=O) groups excluding carboxylic acids is 1. The molecule has 0 heterocycles. The molecule has 5 heteroatoms. The number of hydrogen-bond donors (Lipinski definition) is 1. The molecule has 0 aliphatic rings. The van der Waals surface area contributed by atoms with Crippen LogP contribution >= 0.6 is 0 Å². The molecular formula is C10H20O4S. The summed E-state index contributed by atoms with van der Waals surface area (Å²) in [7, 11) is -3.96. The number of aldehydes is 1. The standard InChI is InChI=1S/C10H20O4S/c1-4-5-9(8-15(12,13)14)10(2,3)6-7-11/h7,9H,4-6,8H2,1-3H3,(H,12,13,14). The highest BCUT2D eigenvalue weighted by molar-refractivity contribution is 7.85. The second-order valence-electron chi connectivity index (χ2n) is 4.59. The summed E-state index contributed by atoms with van der Waals surface area (Å²) in [6.45, 7) is 5.66. The van der Waals surface area contributed by atoms with Crippen LogP contribution in [0.4, 0.5) is 0 Å². The molecule has 0 amide bonds. The SMILES string of the molecule is CCCC(CS(=O)(=O)O)C(C)(C)CC=O. The third kappa shape index (κ3) is 5.89. The first-order valence-electron chi connectivity index (χ1n) is 5.11. The van der Waals surface area contributed by atoms with Crippen LogP contribution < -0.4 is 0 Å². The monoisotopic (exact) mass is 236 g/mol. The molecule has 0 saturated carbocycles. The molecule has 0 bridgehead atoms. The first-order chi connectivity index (χ1) is 6.73. The lowest BCUT2D eigenvalue weighted by molar-refractivity contribution is -0.110. The van der Waals surface area contributed by atoms with Crippen molar-refractivity contribution in [2.45, 2.75) is 40.0 Å². The van der Waals surface area contributed by atoms with Gasteiger partial charge in [0.2, 0.25) is 0 Å². The minimum atomic E-state index is -3.96. The van der Waals surface area contributed by atoms with Crippen molar-refractivity contribution >= 4 is 16.4 Å². The highest BCUT2D eigenvalue weighted by Gasteiger charge is 2.31. The minimum Gasteiger partial charge on any atom is -0.303 e. The summed E-state index contributed by atoms with van der Waals surface area (Å²) < 4.78 is 30.5. The van der Waals surface area contributed by atoms with E-state index in [-0.39, 0.29) is 17.1 Å². The van der Waals surface area contributed by atoms with Crippen molar-refractivity contribution in [3.63, 3.8) is 0 Å². The van der Waals surface area contributed by atoms with Crippen molar-refractivity contribution in [2.24, 2.45) is 11.3 Å². The smallest absolute Gasteiger partial charge is 0.265 e. The van der Waals surface area contributed by atoms with Gasteiger partial charge in [-0.2, -0.15) is 8.42 Å². The number of hydrogen-bond acceptors (Lipinski definition) is 3. The molecule has 0 aliphatic carbocycles. The maximum absolute atomic E-state index is 10.8. The third-order valence-electron chi connectivity index (χ3n) is 2.76. The predicted molar refractivity (Wildman–Crippen MR) is 59.3 cm³/mol. The summed E-state index contributed by atoms with van der Waals surface area (Å²) in [6.07, 6.45) is 2.64. The Morgan fingerprint density at radius 3 is 2.27 bits per heavy atom. The molecule has 1 atom stereocenters. The van der Waals surface area contributed by atoms with E-state index in [4.69, 9.17) is 4.55 Å². The summed E-state index contributed by atoms with van der Waals surface area (Å²) in [4.78, 5) is 10.5. The summed E-state index contributed by atoms with van der Waals surface area (Å²) >= 11 is 0. The Kier molecular flexibility index (Phi) is 5.45. The number of carbonyl (C=O) groups is 1. The van der Waals surface area contributed by atoms with Gasteiger partial charge < -0.3 is 4.79 Å². The Bertz CT molecular complexity index is 293. The van der Waals surface area contributed by atoms with Gasteiger partial charge in [0.25, 0.3) is 10.1 Å². The first kappa shape index (κ1) is 14.6. The zero-order valence-electron chi connectivity index (χ0n) is 9.56. The van der Waals surface area contributed by atoms with Crippen molar-refractivity contribution in [1.82, 2.24) is 0 Å². The van der Waals surface area contributed by atoms with E-state index in [0.717, 1.165) is 12.7 Å². The molecule has 1 N–H and O–H groups in total. The fourth-order valence-corrected chi connectivity index (χ4v) is 2.81. The Hall–Kier alpha value is -0.420. The Morgan fingerprint density at radius 1 is 1.40 bits per heavy atom. The van der Waals surface area contributed by atoms with Crippen LogP contribution in [0, 0.1) is 11.3 Å².